The van der Waals surface area contributed by atoms with E-state index in [1.807, 2.05) is 0 Å². The van der Waals surface area contributed by atoms with Crippen LogP contribution in [0.1, 0.15) is 87.5 Å². The van der Waals surface area contributed by atoms with Crippen LogP contribution < -0.4 is 0 Å². The number of hydrogen-bond donors (Lipinski definition) is 0. The van der Waals surface area contributed by atoms with Crippen molar-refractivity contribution in [2.45, 2.75) is 87.5 Å². The predicted molar refractivity (Wildman–Crippen MR) is 117 cm³/mol. The van der Waals surface area contributed by atoms with Crippen LogP contribution in [0.2, 0.25) is 0 Å². The largest absolute Gasteiger partial charge is 0.0805 e. The molecule has 0 radical (unpaired) electrons. The van der Waals surface area contributed by atoms with Crippen molar-refractivity contribution < 1.29 is 0 Å². The second-order valence-electron chi connectivity index (χ2n) is 11.5. The van der Waals surface area contributed by atoms with E-state index in [9.17, 15) is 0 Å². The lowest BCUT2D eigenvalue weighted by molar-refractivity contribution is -0.0585. The van der Waals surface area contributed by atoms with Crippen LogP contribution in [0.25, 0.3) is 0 Å². The smallest absolute Gasteiger partial charge is 0.00974 e. The van der Waals surface area contributed by atoms with Crippen LogP contribution in [0.4, 0.5) is 0 Å². The maximum absolute atomic E-state index is 2.71. The molecule has 0 aromatic heterocycles. The van der Waals surface area contributed by atoms with Crippen molar-refractivity contribution in [2.75, 3.05) is 0 Å². The maximum Gasteiger partial charge on any atom is -0.00974 e. The van der Waals surface area contributed by atoms with E-state index in [0.717, 1.165) is 53.3 Å². The summed E-state index contributed by atoms with van der Waals surface area (Å²) in [4.78, 5) is 0. The molecule has 0 aromatic rings. The first-order valence-corrected chi connectivity index (χ1v) is 12.1. The Labute approximate surface area is 169 Å². The molecular formula is C27H44. The second kappa shape index (κ2) is 6.77. The molecule has 9 unspecified atom stereocenters. The Kier molecular flexibility index (Phi) is 4.96. The molecule has 0 nitrogen and oxygen atoms in total. The first-order chi connectivity index (χ1) is 12.7. The Balaban J connectivity index is 1.74. The van der Waals surface area contributed by atoms with Gasteiger partial charge in [0.25, 0.3) is 0 Å². The van der Waals surface area contributed by atoms with Gasteiger partial charge in [-0.2, -0.15) is 0 Å². The van der Waals surface area contributed by atoms with Crippen molar-refractivity contribution in [3.8, 4) is 0 Å². The summed E-state index contributed by atoms with van der Waals surface area (Å²) in [7, 11) is 0. The molecule has 0 aromatic carbocycles. The zero-order valence-electron chi connectivity index (χ0n) is 19.3. The molecule has 0 amide bonds. The molecule has 10 atom stereocenters. The van der Waals surface area contributed by atoms with Gasteiger partial charge in [-0.1, -0.05) is 59.6 Å². The van der Waals surface area contributed by atoms with Crippen LogP contribution >= 0.6 is 0 Å². The van der Waals surface area contributed by atoms with Crippen molar-refractivity contribution in [2.24, 2.45) is 58.7 Å². The summed E-state index contributed by atoms with van der Waals surface area (Å²) in [6.07, 6.45) is 9.88. The molecule has 0 heterocycles. The highest BCUT2D eigenvalue weighted by Gasteiger charge is 2.60. The molecule has 152 valence electrons. The fourth-order valence-electron chi connectivity index (χ4n) is 9.03. The average molecular weight is 369 g/mol. The minimum Gasteiger partial charge on any atom is -0.0805 e. The van der Waals surface area contributed by atoms with Gasteiger partial charge < -0.3 is 0 Å². The van der Waals surface area contributed by atoms with E-state index < -0.39 is 0 Å². The van der Waals surface area contributed by atoms with Gasteiger partial charge in [0, 0.05) is 0 Å². The molecule has 2 fully saturated rings. The Morgan fingerprint density at radius 1 is 1.07 bits per heavy atom. The molecule has 4 aliphatic rings. The lowest BCUT2D eigenvalue weighted by atomic mass is 9.46. The van der Waals surface area contributed by atoms with E-state index in [1.165, 1.54) is 32.1 Å². The van der Waals surface area contributed by atoms with Gasteiger partial charge in [0.05, 0.1) is 0 Å². The van der Waals surface area contributed by atoms with Crippen LogP contribution in [0.3, 0.4) is 0 Å². The summed E-state index contributed by atoms with van der Waals surface area (Å²) in [6, 6.07) is 0. The highest BCUT2D eigenvalue weighted by Crippen LogP contribution is 2.67. The number of rotatable bonds is 2. The van der Waals surface area contributed by atoms with Crippen LogP contribution in [-0.2, 0) is 0 Å². The van der Waals surface area contributed by atoms with Gasteiger partial charge in [-0.05, 0) is 109 Å². The van der Waals surface area contributed by atoms with E-state index >= 15 is 0 Å². The normalized spacial score (nSPS) is 52.1. The molecule has 0 spiro atoms. The molecular weight excluding hydrogens is 324 g/mol. The lowest BCUT2D eigenvalue weighted by Gasteiger charge is -2.58. The highest BCUT2D eigenvalue weighted by molar-refractivity contribution is 5.42. The summed E-state index contributed by atoms with van der Waals surface area (Å²) in [5, 5.41) is 0. The van der Waals surface area contributed by atoms with Gasteiger partial charge in [-0.25, -0.2) is 0 Å². The second-order valence-corrected chi connectivity index (χ2v) is 11.5. The molecule has 0 aliphatic heterocycles. The Bertz CT molecular complexity index is 651. The minimum atomic E-state index is 0.603. The van der Waals surface area contributed by atoms with Gasteiger partial charge >= 0.3 is 0 Å². The van der Waals surface area contributed by atoms with Gasteiger partial charge in [0.15, 0.2) is 0 Å². The van der Waals surface area contributed by atoms with E-state index in [0.29, 0.717) is 5.41 Å². The molecule has 27 heavy (non-hydrogen) atoms. The Morgan fingerprint density at radius 3 is 2.44 bits per heavy atom. The van der Waals surface area contributed by atoms with E-state index in [1.54, 1.807) is 16.7 Å². The minimum absolute atomic E-state index is 0.603. The first-order valence-electron chi connectivity index (χ1n) is 12.1. The summed E-state index contributed by atoms with van der Waals surface area (Å²) in [5.74, 6) is 8.01. The number of allylic oxidation sites excluding steroid dienone is 4. The average Bonchev–Trinajstić information content (AvgIpc) is 2.88. The lowest BCUT2D eigenvalue weighted by Crippen LogP contribution is -2.51. The van der Waals surface area contributed by atoms with Crippen molar-refractivity contribution >= 4 is 0 Å². The first kappa shape index (κ1) is 19.8. The zero-order valence-corrected chi connectivity index (χ0v) is 19.3. The van der Waals surface area contributed by atoms with Crippen molar-refractivity contribution in [3.63, 3.8) is 0 Å². The third-order valence-corrected chi connectivity index (χ3v) is 10.5. The highest BCUT2D eigenvalue weighted by atomic mass is 14.6. The third-order valence-electron chi connectivity index (χ3n) is 10.5. The molecule has 4 aliphatic carbocycles. The maximum atomic E-state index is 2.71. The monoisotopic (exact) mass is 368 g/mol. The SMILES string of the molecule is CCC[C@H]1C(C)CC2C3CC=C4C(C)=C(C)C(C)C(C)C4C3C(C)CC21C. The van der Waals surface area contributed by atoms with Gasteiger partial charge in [-0.3, -0.25) is 0 Å². The molecule has 4 rings (SSSR count). The molecule has 0 saturated heterocycles. The summed E-state index contributed by atoms with van der Waals surface area (Å²) in [6.45, 7) is 20.2. The summed E-state index contributed by atoms with van der Waals surface area (Å²) >= 11 is 0. The molecule has 0 bridgehead atoms. The van der Waals surface area contributed by atoms with Crippen LogP contribution in [0.5, 0.6) is 0 Å². The fraction of sp³-hybridized carbons (Fsp3) is 0.852. The number of fused-ring (bicyclic) bond motifs is 5. The van der Waals surface area contributed by atoms with E-state index in [-0.39, 0.29) is 0 Å². The van der Waals surface area contributed by atoms with Crippen LogP contribution in [0, 0.1) is 58.7 Å². The molecule has 2 saturated carbocycles. The van der Waals surface area contributed by atoms with E-state index in [2.05, 4.69) is 61.5 Å². The quantitative estimate of drug-likeness (QED) is 0.464. The standard InChI is InChI=1S/C27H44/c1-9-10-23-15(2)13-24-22-12-11-21-19(6)17(4)18(5)20(7)26(21)25(22)16(3)14-27(23,24)8/h11,15-16,18,20,22-26H,9-10,12-14H2,1-8H3/t15?,16?,18?,20?,22?,23-,24?,25?,26?,27?/m0/s1. The van der Waals surface area contributed by atoms with Gasteiger partial charge in [0.2, 0.25) is 0 Å². The topological polar surface area (TPSA) is 0 Å². The predicted octanol–water partition coefficient (Wildman–Crippen LogP) is 7.91. The summed E-state index contributed by atoms with van der Waals surface area (Å²) < 4.78 is 0. The van der Waals surface area contributed by atoms with Crippen molar-refractivity contribution in [1.29, 1.82) is 0 Å². The zero-order chi connectivity index (χ0) is 19.7. The van der Waals surface area contributed by atoms with Crippen molar-refractivity contribution in [1.82, 2.24) is 0 Å². The van der Waals surface area contributed by atoms with Crippen LogP contribution in [-0.4, -0.2) is 0 Å². The van der Waals surface area contributed by atoms with Gasteiger partial charge in [-0.15, -0.1) is 0 Å². The molecule has 0 heteroatoms. The molecule has 0 N–H and O–H groups in total. The van der Waals surface area contributed by atoms with Crippen LogP contribution in [0.15, 0.2) is 22.8 Å². The third kappa shape index (κ3) is 2.67. The Hall–Kier alpha value is -0.520. The Morgan fingerprint density at radius 2 is 1.78 bits per heavy atom. The summed E-state index contributed by atoms with van der Waals surface area (Å²) in [5.41, 5.74) is 5.67. The number of hydrogen-bond acceptors (Lipinski definition) is 0. The van der Waals surface area contributed by atoms with Crippen molar-refractivity contribution in [3.05, 3.63) is 22.8 Å². The fourth-order valence-corrected chi connectivity index (χ4v) is 9.03. The van der Waals surface area contributed by atoms with E-state index in [4.69, 9.17) is 0 Å². The van der Waals surface area contributed by atoms with Gasteiger partial charge in [0.1, 0.15) is 0 Å².